The first-order valence-electron chi connectivity index (χ1n) is 6.45. The smallest absolute Gasteiger partial charge is 0.261 e. The van der Waals surface area contributed by atoms with Gasteiger partial charge >= 0.3 is 0 Å². The van der Waals surface area contributed by atoms with E-state index in [0.29, 0.717) is 6.61 Å². The molecule has 0 amide bonds. The van der Waals surface area contributed by atoms with E-state index in [0.717, 1.165) is 23.9 Å². The summed E-state index contributed by atoms with van der Waals surface area (Å²) in [5, 5.41) is 3.35. The molecule has 1 rings (SSSR count). The van der Waals surface area contributed by atoms with Gasteiger partial charge in [0.1, 0.15) is 6.61 Å². The van der Waals surface area contributed by atoms with E-state index in [2.05, 4.69) is 33.4 Å². The Labute approximate surface area is 121 Å². The van der Waals surface area contributed by atoms with Gasteiger partial charge in [0.15, 0.2) is 0 Å². The van der Waals surface area contributed by atoms with E-state index < -0.39 is 13.0 Å². The molecule has 1 unspecified atom stereocenters. The third-order valence-electron chi connectivity index (χ3n) is 2.74. The molecule has 0 aromatic heterocycles. The first-order valence-corrected chi connectivity index (χ1v) is 7.24. The van der Waals surface area contributed by atoms with E-state index in [9.17, 15) is 8.78 Å². The van der Waals surface area contributed by atoms with E-state index in [-0.39, 0.29) is 6.04 Å². The standard InChI is InChI=1S/C14H20BrF2NO/c1-2-18-13(7-8-19-10-14(16)17)9-11-3-5-12(15)6-4-11/h3-6,13-14,18H,2,7-10H2,1H3. The minimum atomic E-state index is -2.39. The van der Waals surface area contributed by atoms with Crippen LogP contribution < -0.4 is 5.32 Å². The third kappa shape index (κ3) is 7.60. The SMILES string of the molecule is CCNC(CCOCC(F)F)Cc1ccc(Br)cc1. The van der Waals surface area contributed by atoms with Gasteiger partial charge in [0, 0.05) is 17.1 Å². The number of ether oxygens (including phenoxy) is 1. The van der Waals surface area contributed by atoms with Crippen molar-refractivity contribution in [2.45, 2.75) is 32.2 Å². The summed E-state index contributed by atoms with van der Waals surface area (Å²) >= 11 is 3.40. The first kappa shape index (κ1) is 16.5. The number of halogens is 3. The minimum absolute atomic E-state index is 0.254. The van der Waals surface area contributed by atoms with Gasteiger partial charge in [-0.15, -0.1) is 0 Å². The van der Waals surface area contributed by atoms with Crippen molar-refractivity contribution in [3.63, 3.8) is 0 Å². The van der Waals surface area contributed by atoms with Gasteiger partial charge in [-0.05, 0) is 37.1 Å². The van der Waals surface area contributed by atoms with Crippen molar-refractivity contribution in [1.82, 2.24) is 5.32 Å². The van der Waals surface area contributed by atoms with Crippen LogP contribution in [0.4, 0.5) is 8.78 Å². The fraction of sp³-hybridized carbons (Fsp3) is 0.571. The van der Waals surface area contributed by atoms with Crippen LogP contribution in [-0.4, -0.2) is 32.2 Å². The lowest BCUT2D eigenvalue weighted by Gasteiger charge is -2.18. The average Bonchev–Trinajstić information content (AvgIpc) is 2.37. The van der Waals surface area contributed by atoms with Crippen molar-refractivity contribution < 1.29 is 13.5 Å². The molecule has 0 spiro atoms. The molecule has 1 N–H and O–H groups in total. The quantitative estimate of drug-likeness (QED) is 0.695. The van der Waals surface area contributed by atoms with Crippen molar-refractivity contribution in [3.8, 4) is 0 Å². The van der Waals surface area contributed by atoms with Crippen LogP contribution in [-0.2, 0) is 11.2 Å². The van der Waals surface area contributed by atoms with Gasteiger partial charge in [-0.1, -0.05) is 35.0 Å². The molecule has 0 aliphatic heterocycles. The molecule has 1 atom stereocenters. The molecule has 1 aromatic carbocycles. The van der Waals surface area contributed by atoms with E-state index in [1.165, 1.54) is 5.56 Å². The Morgan fingerprint density at radius 3 is 2.53 bits per heavy atom. The second-order valence-corrected chi connectivity index (χ2v) is 5.26. The minimum Gasteiger partial charge on any atom is -0.375 e. The normalized spacial score (nSPS) is 12.9. The van der Waals surface area contributed by atoms with Gasteiger partial charge in [0.05, 0.1) is 0 Å². The molecule has 0 aliphatic rings. The fourth-order valence-electron chi connectivity index (χ4n) is 1.87. The monoisotopic (exact) mass is 335 g/mol. The molecule has 108 valence electrons. The maximum absolute atomic E-state index is 11.9. The van der Waals surface area contributed by atoms with Crippen molar-refractivity contribution in [2.75, 3.05) is 19.8 Å². The molecule has 0 heterocycles. The number of rotatable bonds is 9. The number of hydrogen-bond donors (Lipinski definition) is 1. The molecule has 2 nitrogen and oxygen atoms in total. The molecule has 0 bridgehead atoms. The van der Waals surface area contributed by atoms with Crippen LogP contribution >= 0.6 is 15.9 Å². The van der Waals surface area contributed by atoms with E-state index >= 15 is 0 Å². The van der Waals surface area contributed by atoms with Gasteiger partial charge in [0.2, 0.25) is 0 Å². The van der Waals surface area contributed by atoms with Crippen LogP contribution in [0.5, 0.6) is 0 Å². The molecule has 0 saturated heterocycles. The second-order valence-electron chi connectivity index (χ2n) is 4.34. The van der Waals surface area contributed by atoms with E-state index in [1.807, 2.05) is 19.1 Å². The number of nitrogens with one attached hydrogen (secondary N) is 1. The maximum Gasteiger partial charge on any atom is 0.261 e. The summed E-state index contributed by atoms with van der Waals surface area (Å²) in [5.41, 5.74) is 1.23. The Morgan fingerprint density at radius 1 is 1.26 bits per heavy atom. The highest BCUT2D eigenvalue weighted by Crippen LogP contribution is 2.13. The predicted molar refractivity (Wildman–Crippen MR) is 76.8 cm³/mol. The molecule has 0 saturated carbocycles. The number of hydrogen-bond acceptors (Lipinski definition) is 2. The molecule has 0 radical (unpaired) electrons. The summed E-state index contributed by atoms with van der Waals surface area (Å²) in [4.78, 5) is 0. The van der Waals surface area contributed by atoms with Gasteiger partial charge < -0.3 is 10.1 Å². The van der Waals surface area contributed by atoms with Gasteiger partial charge in [0.25, 0.3) is 6.43 Å². The van der Waals surface area contributed by atoms with Gasteiger partial charge in [-0.2, -0.15) is 0 Å². The van der Waals surface area contributed by atoms with Crippen LogP contribution in [0.25, 0.3) is 0 Å². The molecular weight excluding hydrogens is 316 g/mol. The van der Waals surface area contributed by atoms with Crippen LogP contribution in [0.15, 0.2) is 28.7 Å². The Morgan fingerprint density at radius 2 is 1.95 bits per heavy atom. The Kier molecular flexibility index (Phi) is 8.18. The van der Waals surface area contributed by atoms with Crippen molar-refractivity contribution in [3.05, 3.63) is 34.3 Å². The molecular formula is C14H20BrF2NO. The maximum atomic E-state index is 11.9. The summed E-state index contributed by atoms with van der Waals surface area (Å²) in [6, 6.07) is 8.39. The zero-order valence-electron chi connectivity index (χ0n) is 11.0. The summed E-state index contributed by atoms with van der Waals surface area (Å²) in [6.07, 6.45) is -0.778. The third-order valence-corrected chi connectivity index (χ3v) is 3.27. The largest absolute Gasteiger partial charge is 0.375 e. The zero-order valence-corrected chi connectivity index (χ0v) is 12.6. The van der Waals surface area contributed by atoms with Crippen molar-refractivity contribution in [1.29, 1.82) is 0 Å². The number of likely N-dealkylation sites (N-methyl/N-ethyl adjacent to an activating group) is 1. The van der Waals surface area contributed by atoms with Crippen LogP contribution in [0.3, 0.4) is 0 Å². The van der Waals surface area contributed by atoms with Crippen molar-refractivity contribution in [2.24, 2.45) is 0 Å². The first-order chi connectivity index (χ1) is 9.11. The van der Waals surface area contributed by atoms with E-state index in [1.54, 1.807) is 0 Å². The molecule has 5 heteroatoms. The predicted octanol–water partition coefficient (Wildman–Crippen LogP) is 3.64. The summed E-state index contributed by atoms with van der Waals surface area (Å²) in [6.45, 7) is 2.78. The summed E-state index contributed by atoms with van der Waals surface area (Å²) in [5.74, 6) is 0. The fourth-order valence-corrected chi connectivity index (χ4v) is 2.13. The van der Waals surface area contributed by atoms with Crippen LogP contribution in [0, 0.1) is 0 Å². The lowest BCUT2D eigenvalue weighted by Crippen LogP contribution is -2.32. The highest BCUT2D eigenvalue weighted by Gasteiger charge is 2.09. The molecule has 19 heavy (non-hydrogen) atoms. The zero-order chi connectivity index (χ0) is 14.1. The average molecular weight is 336 g/mol. The number of benzene rings is 1. The second kappa shape index (κ2) is 9.39. The lowest BCUT2D eigenvalue weighted by molar-refractivity contribution is 0.0144. The highest BCUT2D eigenvalue weighted by atomic mass is 79.9. The topological polar surface area (TPSA) is 21.3 Å². The highest BCUT2D eigenvalue weighted by molar-refractivity contribution is 9.10. The summed E-state index contributed by atoms with van der Waals surface area (Å²) in [7, 11) is 0. The Bertz CT molecular complexity index is 346. The van der Waals surface area contributed by atoms with E-state index in [4.69, 9.17) is 4.74 Å². The van der Waals surface area contributed by atoms with Gasteiger partial charge in [-0.25, -0.2) is 8.78 Å². The number of alkyl halides is 2. The Balaban J connectivity index is 2.37. The van der Waals surface area contributed by atoms with Crippen molar-refractivity contribution >= 4 is 15.9 Å². The molecule has 1 aromatic rings. The molecule has 0 aliphatic carbocycles. The summed E-state index contributed by atoms with van der Waals surface area (Å²) < 4.78 is 29.9. The lowest BCUT2D eigenvalue weighted by atomic mass is 10.0. The molecule has 0 fully saturated rings. The Hall–Kier alpha value is -0.520. The van der Waals surface area contributed by atoms with Crippen LogP contribution in [0.2, 0.25) is 0 Å². The van der Waals surface area contributed by atoms with Gasteiger partial charge in [-0.3, -0.25) is 0 Å². The van der Waals surface area contributed by atoms with Crippen LogP contribution in [0.1, 0.15) is 18.9 Å².